The van der Waals surface area contributed by atoms with Gasteiger partial charge in [-0.05, 0) is 48.9 Å². The van der Waals surface area contributed by atoms with E-state index >= 15 is 0 Å². The molecule has 2 aromatic carbocycles. The maximum atomic E-state index is 11.5. The summed E-state index contributed by atoms with van der Waals surface area (Å²) < 4.78 is 0. The topological polar surface area (TPSA) is 41.1 Å². The second-order valence-corrected chi connectivity index (χ2v) is 7.62. The van der Waals surface area contributed by atoms with Crippen molar-refractivity contribution in [2.75, 3.05) is 10.6 Å². The molecule has 130 valence electrons. The number of benzene rings is 2. The highest BCUT2D eigenvalue weighted by Crippen LogP contribution is 2.54. The van der Waals surface area contributed by atoms with Gasteiger partial charge in [-0.2, -0.15) is 0 Å². The largest absolute Gasteiger partial charge is 0.378 e. The predicted octanol–water partition coefficient (Wildman–Crippen LogP) is 4.95. The van der Waals surface area contributed by atoms with Gasteiger partial charge in [0.05, 0.1) is 11.6 Å². The van der Waals surface area contributed by atoms with Gasteiger partial charge >= 0.3 is 0 Å². The van der Waals surface area contributed by atoms with Crippen LogP contribution in [0.3, 0.4) is 0 Å². The minimum atomic E-state index is -0.142. The Hall–Kier alpha value is -2.29. The number of para-hydroxylation sites is 2. The Balaban J connectivity index is 1.78. The molecule has 0 saturated heterocycles. The van der Waals surface area contributed by atoms with E-state index in [0.717, 1.165) is 6.29 Å². The molecule has 3 atom stereocenters. The summed E-state index contributed by atoms with van der Waals surface area (Å²) in [5, 5.41) is 7.58. The number of rotatable bonds is 5. The molecule has 0 radical (unpaired) electrons. The standard InChI is InChI=1S/C22H26N2O/c1-15-7-3-5-9-19(15)23-21-16(2)22(13-14-25,17-11-12-17)24-20-10-6-4-8-18(20)21/h3-10,14,16-17,21,23-24H,11-13H2,1-2H3/t16-,21-,22-/m1/s1. The van der Waals surface area contributed by atoms with Crippen LogP contribution in [0.25, 0.3) is 0 Å². The molecule has 0 aromatic heterocycles. The van der Waals surface area contributed by atoms with Crippen LogP contribution < -0.4 is 10.6 Å². The summed E-state index contributed by atoms with van der Waals surface area (Å²) in [5.74, 6) is 0.905. The molecule has 0 spiro atoms. The Morgan fingerprint density at radius 2 is 1.88 bits per heavy atom. The van der Waals surface area contributed by atoms with Gasteiger partial charge < -0.3 is 15.4 Å². The highest BCUT2D eigenvalue weighted by atomic mass is 16.1. The Bertz CT molecular complexity index is 783. The summed E-state index contributed by atoms with van der Waals surface area (Å²) in [6.07, 6.45) is 4.09. The molecule has 0 unspecified atom stereocenters. The predicted molar refractivity (Wildman–Crippen MR) is 103 cm³/mol. The summed E-state index contributed by atoms with van der Waals surface area (Å²) in [7, 11) is 0. The third-order valence-corrected chi connectivity index (χ3v) is 6.16. The smallest absolute Gasteiger partial charge is 0.122 e. The van der Waals surface area contributed by atoms with Crippen molar-refractivity contribution in [2.45, 2.75) is 44.7 Å². The van der Waals surface area contributed by atoms with Crippen molar-refractivity contribution < 1.29 is 4.79 Å². The molecular weight excluding hydrogens is 308 g/mol. The minimum Gasteiger partial charge on any atom is -0.378 e. The molecule has 1 aliphatic heterocycles. The third-order valence-electron chi connectivity index (χ3n) is 6.16. The number of hydrogen-bond acceptors (Lipinski definition) is 3. The van der Waals surface area contributed by atoms with Gasteiger partial charge in [-0.3, -0.25) is 0 Å². The third kappa shape index (κ3) is 2.72. The van der Waals surface area contributed by atoms with E-state index in [9.17, 15) is 4.79 Å². The fourth-order valence-corrected chi connectivity index (χ4v) is 4.53. The quantitative estimate of drug-likeness (QED) is 0.760. The van der Waals surface area contributed by atoms with Gasteiger partial charge in [-0.1, -0.05) is 43.3 Å². The monoisotopic (exact) mass is 334 g/mol. The van der Waals surface area contributed by atoms with E-state index in [1.807, 2.05) is 0 Å². The second kappa shape index (κ2) is 6.21. The lowest BCUT2D eigenvalue weighted by atomic mass is 9.69. The number of aryl methyl sites for hydroxylation is 1. The zero-order valence-electron chi connectivity index (χ0n) is 15.0. The number of aldehydes is 1. The molecule has 1 saturated carbocycles. The first-order valence-electron chi connectivity index (χ1n) is 9.28. The van der Waals surface area contributed by atoms with Crippen LogP contribution in [0.4, 0.5) is 11.4 Å². The average molecular weight is 334 g/mol. The molecule has 2 aliphatic rings. The summed E-state index contributed by atoms with van der Waals surface area (Å²) in [5.41, 5.74) is 4.74. The summed E-state index contributed by atoms with van der Waals surface area (Å²) >= 11 is 0. The Kier molecular flexibility index (Phi) is 4.03. The first-order chi connectivity index (χ1) is 12.2. The van der Waals surface area contributed by atoms with Gasteiger partial charge in [0.1, 0.15) is 6.29 Å². The van der Waals surface area contributed by atoms with E-state index in [2.05, 4.69) is 73.0 Å². The molecule has 3 heteroatoms. The van der Waals surface area contributed by atoms with Crippen LogP contribution in [0.1, 0.15) is 43.4 Å². The number of nitrogens with one attached hydrogen (secondary N) is 2. The number of fused-ring (bicyclic) bond motifs is 1. The van der Waals surface area contributed by atoms with Crippen molar-refractivity contribution in [2.24, 2.45) is 11.8 Å². The molecule has 25 heavy (non-hydrogen) atoms. The van der Waals surface area contributed by atoms with Crippen LogP contribution in [0.5, 0.6) is 0 Å². The van der Waals surface area contributed by atoms with Crippen LogP contribution in [0, 0.1) is 18.8 Å². The molecule has 3 nitrogen and oxygen atoms in total. The molecule has 2 aromatic rings. The average Bonchev–Trinajstić information content (AvgIpc) is 3.46. The molecule has 0 bridgehead atoms. The Labute approximate surface area is 149 Å². The normalized spacial score (nSPS) is 27.9. The van der Waals surface area contributed by atoms with E-state index < -0.39 is 0 Å². The van der Waals surface area contributed by atoms with Gasteiger partial charge in [0, 0.05) is 23.7 Å². The van der Waals surface area contributed by atoms with E-state index in [-0.39, 0.29) is 11.6 Å². The van der Waals surface area contributed by atoms with Crippen LogP contribution in [0.15, 0.2) is 48.5 Å². The van der Waals surface area contributed by atoms with Crippen LogP contribution in [-0.2, 0) is 4.79 Å². The highest BCUT2D eigenvalue weighted by Gasteiger charge is 2.53. The maximum Gasteiger partial charge on any atom is 0.122 e. The lowest BCUT2D eigenvalue weighted by Crippen LogP contribution is -2.53. The fraction of sp³-hybridized carbons (Fsp3) is 0.409. The maximum absolute atomic E-state index is 11.5. The van der Waals surface area contributed by atoms with Crippen molar-refractivity contribution in [1.29, 1.82) is 0 Å². The Morgan fingerprint density at radius 3 is 2.60 bits per heavy atom. The second-order valence-electron chi connectivity index (χ2n) is 7.62. The van der Waals surface area contributed by atoms with E-state index in [0.29, 0.717) is 18.3 Å². The fourth-order valence-electron chi connectivity index (χ4n) is 4.53. The van der Waals surface area contributed by atoms with E-state index in [4.69, 9.17) is 0 Å². The van der Waals surface area contributed by atoms with Crippen molar-refractivity contribution >= 4 is 17.7 Å². The van der Waals surface area contributed by atoms with Crippen LogP contribution in [-0.4, -0.2) is 11.8 Å². The highest BCUT2D eigenvalue weighted by molar-refractivity contribution is 5.65. The van der Waals surface area contributed by atoms with Gasteiger partial charge in [0.25, 0.3) is 0 Å². The van der Waals surface area contributed by atoms with Crippen molar-refractivity contribution in [3.05, 3.63) is 59.7 Å². The minimum absolute atomic E-state index is 0.142. The first kappa shape index (κ1) is 16.2. The van der Waals surface area contributed by atoms with E-state index in [1.54, 1.807) is 0 Å². The molecule has 0 amide bonds. The molecule has 1 fully saturated rings. The summed E-state index contributed by atoms with van der Waals surface area (Å²) in [6.45, 7) is 4.43. The number of carbonyl (C=O) groups excluding carboxylic acids is 1. The van der Waals surface area contributed by atoms with Crippen molar-refractivity contribution in [1.82, 2.24) is 0 Å². The number of carbonyl (C=O) groups is 1. The first-order valence-corrected chi connectivity index (χ1v) is 9.28. The lowest BCUT2D eigenvalue weighted by Gasteiger charge is -2.49. The van der Waals surface area contributed by atoms with Gasteiger partial charge in [-0.15, -0.1) is 0 Å². The SMILES string of the molecule is Cc1ccccc1N[C@H]1c2ccccc2N[C@@](CC=O)(C2CC2)[C@@H]1C. The summed E-state index contributed by atoms with van der Waals surface area (Å²) in [4.78, 5) is 11.5. The molecule has 4 rings (SSSR count). The Morgan fingerprint density at radius 1 is 1.16 bits per heavy atom. The van der Waals surface area contributed by atoms with Crippen LogP contribution >= 0.6 is 0 Å². The number of hydrogen-bond donors (Lipinski definition) is 2. The van der Waals surface area contributed by atoms with Gasteiger partial charge in [0.15, 0.2) is 0 Å². The molecule has 1 heterocycles. The molecule has 2 N–H and O–H groups in total. The molecular formula is C22H26N2O. The van der Waals surface area contributed by atoms with E-state index in [1.165, 1.54) is 35.3 Å². The lowest BCUT2D eigenvalue weighted by molar-refractivity contribution is -0.109. The van der Waals surface area contributed by atoms with Crippen molar-refractivity contribution in [3.8, 4) is 0 Å². The molecule has 1 aliphatic carbocycles. The van der Waals surface area contributed by atoms with Crippen molar-refractivity contribution in [3.63, 3.8) is 0 Å². The summed E-state index contributed by atoms with van der Waals surface area (Å²) in [6, 6.07) is 17.1. The van der Waals surface area contributed by atoms with Crippen LogP contribution in [0.2, 0.25) is 0 Å². The van der Waals surface area contributed by atoms with Gasteiger partial charge in [0.2, 0.25) is 0 Å². The zero-order chi connectivity index (χ0) is 17.4. The number of anilines is 2. The zero-order valence-corrected chi connectivity index (χ0v) is 15.0. The van der Waals surface area contributed by atoms with Gasteiger partial charge in [-0.25, -0.2) is 0 Å².